The number of aliphatic hydroxyl groups excluding tert-OH is 1. The highest BCUT2D eigenvalue weighted by atomic mass is 16.5. The van der Waals surface area contributed by atoms with E-state index in [1.807, 2.05) is 12.1 Å². The number of aliphatic hydroxyl groups is 1. The molecule has 1 saturated heterocycles. The Hall–Kier alpha value is -2.45. The SMILES string of the molecule is CCC1(c2cccc(OC(=O)CCC(O)C(=O)NC(C(=O)O)C(C)C)c2)CCCCN(C)C1. The van der Waals surface area contributed by atoms with Crippen LogP contribution in [0.5, 0.6) is 5.75 Å². The number of benzene rings is 1. The Labute approximate surface area is 196 Å². The van der Waals surface area contributed by atoms with Crippen LogP contribution in [0.2, 0.25) is 0 Å². The van der Waals surface area contributed by atoms with Gasteiger partial charge in [-0.1, -0.05) is 39.3 Å². The number of aliphatic carboxylic acids is 1. The molecule has 1 aromatic carbocycles. The van der Waals surface area contributed by atoms with Crippen LogP contribution in [-0.2, 0) is 19.8 Å². The Morgan fingerprint density at radius 3 is 2.61 bits per heavy atom. The predicted octanol–water partition coefficient (Wildman–Crippen LogP) is 2.72. The van der Waals surface area contributed by atoms with Crippen LogP contribution in [0.4, 0.5) is 0 Å². The summed E-state index contributed by atoms with van der Waals surface area (Å²) in [5.74, 6) is -2.43. The van der Waals surface area contributed by atoms with Crippen molar-refractivity contribution in [3.8, 4) is 5.75 Å². The number of nitrogens with one attached hydrogen (secondary N) is 1. The second-order valence-corrected chi connectivity index (χ2v) is 9.45. The number of amides is 1. The highest BCUT2D eigenvalue weighted by Crippen LogP contribution is 2.37. The van der Waals surface area contributed by atoms with Crippen molar-refractivity contribution in [3.63, 3.8) is 0 Å². The van der Waals surface area contributed by atoms with Crippen LogP contribution >= 0.6 is 0 Å². The number of nitrogens with zero attached hydrogens (tertiary/aromatic N) is 1. The molecule has 0 aliphatic carbocycles. The molecule has 1 aromatic rings. The first-order valence-corrected chi connectivity index (χ1v) is 11.8. The molecule has 0 saturated carbocycles. The third-order valence-electron chi connectivity index (χ3n) is 6.53. The molecule has 0 radical (unpaired) electrons. The number of carboxylic acids is 1. The maximum atomic E-state index is 12.4. The number of esters is 1. The lowest BCUT2D eigenvalue weighted by Crippen LogP contribution is -2.48. The van der Waals surface area contributed by atoms with Crippen molar-refractivity contribution in [2.45, 2.75) is 76.9 Å². The Kier molecular flexibility index (Phi) is 9.86. The van der Waals surface area contributed by atoms with Crippen LogP contribution in [-0.4, -0.2) is 65.2 Å². The maximum Gasteiger partial charge on any atom is 0.326 e. The van der Waals surface area contributed by atoms with Gasteiger partial charge in [-0.15, -0.1) is 0 Å². The molecule has 1 aliphatic rings. The fraction of sp³-hybridized carbons (Fsp3) is 0.640. The van der Waals surface area contributed by atoms with E-state index in [9.17, 15) is 19.5 Å². The van der Waals surface area contributed by atoms with Crippen molar-refractivity contribution in [1.29, 1.82) is 0 Å². The van der Waals surface area contributed by atoms with Gasteiger partial charge in [0.05, 0.1) is 0 Å². The zero-order chi connectivity index (χ0) is 24.6. The summed E-state index contributed by atoms with van der Waals surface area (Å²) >= 11 is 0. The summed E-state index contributed by atoms with van der Waals surface area (Å²) < 4.78 is 5.49. The van der Waals surface area contributed by atoms with Crippen molar-refractivity contribution in [2.75, 3.05) is 20.1 Å². The lowest BCUT2D eigenvalue weighted by molar-refractivity contribution is -0.145. The third-order valence-corrected chi connectivity index (χ3v) is 6.53. The molecule has 184 valence electrons. The molecule has 0 aromatic heterocycles. The number of carbonyl (C=O) groups excluding carboxylic acids is 2. The number of hydrogen-bond acceptors (Lipinski definition) is 6. The van der Waals surface area contributed by atoms with Gasteiger partial charge in [0.2, 0.25) is 5.91 Å². The van der Waals surface area contributed by atoms with Gasteiger partial charge in [0.1, 0.15) is 17.9 Å². The molecule has 0 spiro atoms. The molecule has 33 heavy (non-hydrogen) atoms. The second-order valence-electron chi connectivity index (χ2n) is 9.45. The van der Waals surface area contributed by atoms with E-state index >= 15 is 0 Å². The molecule has 1 fully saturated rings. The number of rotatable bonds is 10. The largest absolute Gasteiger partial charge is 0.480 e. The minimum atomic E-state index is -1.49. The van der Waals surface area contributed by atoms with Gasteiger partial charge < -0.3 is 25.2 Å². The number of ether oxygens (including phenoxy) is 1. The molecular formula is C25H38N2O6. The van der Waals surface area contributed by atoms with Crippen molar-refractivity contribution in [2.24, 2.45) is 5.92 Å². The van der Waals surface area contributed by atoms with Crippen LogP contribution in [0.15, 0.2) is 24.3 Å². The van der Waals surface area contributed by atoms with E-state index in [-0.39, 0.29) is 24.2 Å². The van der Waals surface area contributed by atoms with Crippen LogP contribution in [0.1, 0.15) is 64.9 Å². The lowest BCUT2D eigenvalue weighted by Gasteiger charge is -2.35. The molecule has 3 unspecified atom stereocenters. The summed E-state index contributed by atoms with van der Waals surface area (Å²) in [5.41, 5.74) is 1.16. The van der Waals surface area contributed by atoms with Crippen molar-refractivity contribution < 1.29 is 29.3 Å². The minimum absolute atomic E-state index is 0.0129. The van der Waals surface area contributed by atoms with Gasteiger partial charge in [0.25, 0.3) is 0 Å². The highest BCUT2D eigenvalue weighted by molar-refractivity contribution is 5.86. The summed E-state index contributed by atoms with van der Waals surface area (Å²) in [6.07, 6.45) is 2.59. The fourth-order valence-corrected chi connectivity index (χ4v) is 4.47. The predicted molar refractivity (Wildman–Crippen MR) is 125 cm³/mol. The summed E-state index contributed by atoms with van der Waals surface area (Å²) in [6.45, 7) is 7.55. The molecule has 3 N–H and O–H groups in total. The molecule has 0 bridgehead atoms. The number of hydrogen-bond donors (Lipinski definition) is 3. The molecule has 1 heterocycles. The molecule has 3 atom stereocenters. The normalized spacial score (nSPS) is 21.2. The van der Waals surface area contributed by atoms with E-state index in [1.165, 1.54) is 6.42 Å². The topological polar surface area (TPSA) is 116 Å². The monoisotopic (exact) mass is 462 g/mol. The Morgan fingerprint density at radius 1 is 1.24 bits per heavy atom. The first kappa shape index (κ1) is 26.8. The lowest BCUT2D eigenvalue weighted by atomic mass is 9.74. The van der Waals surface area contributed by atoms with Crippen molar-refractivity contribution in [3.05, 3.63) is 29.8 Å². The number of likely N-dealkylation sites (N-methyl/N-ethyl adjacent to an activating group) is 1. The van der Waals surface area contributed by atoms with Crippen LogP contribution in [0.25, 0.3) is 0 Å². The second kappa shape index (κ2) is 12.1. The van der Waals surface area contributed by atoms with E-state index in [2.05, 4.69) is 30.3 Å². The van der Waals surface area contributed by atoms with Crippen molar-refractivity contribution in [1.82, 2.24) is 10.2 Å². The molecule has 2 rings (SSSR count). The zero-order valence-corrected chi connectivity index (χ0v) is 20.2. The van der Waals surface area contributed by atoms with Crippen LogP contribution in [0, 0.1) is 5.92 Å². The third kappa shape index (κ3) is 7.54. The van der Waals surface area contributed by atoms with E-state index in [0.717, 1.165) is 37.9 Å². The average molecular weight is 463 g/mol. The van der Waals surface area contributed by atoms with Gasteiger partial charge in [-0.25, -0.2) is 4.79 Å². The summed E-state index contributed by atoms with van der Waals surface area (Å²) in [7, 11) is 2.14. The quantitative estimate of drug-likeness (QED) is 0.362. The molecule has 1 aliphatic heterocycles. The van der Waals surface area contributed by atoms with Gasteiger partial charge in [-0.2, -0.15) is 0 Å². The number of likely N-dealkylation sites (tertiary alicyclic amines) is 1. The Bertz CT molecular complexity index is 827. The van der Waals surface area contributed by atoms with Gasteiger partial charge in [-0.3, -0.25) is 9.59 Å². The Morgan fingerprint density at radius 2 is 1.97 bits per heavy atom. The summed E-state index contributed by atoms with van der Waals surface area (Å²) in [6, 6.07) is 6.52. The van der Waals surface area contributed by atoms with E-state index < -0.39 is 30.0 Å². The standard InChI is InChI=1S/C25H38N2O6/c1-5-25(13-6-7-14-27(4)16-25)18-9-8-10-19(15-18)33-21(29)12-11-20(28)23(30)26-22(17(2)3)24(31)32/h8-10,15,17,20,22,28H,5-7,11-14,16H2,1-4H3,(H,26,30)(H,31,32). The maximum absolute atomic E-state index is 12.4. The zero-order valence-electron chi connectivity index (χ0n) is 20.2. The van der Waals surface area contributed by atoms with Crippen molar-refractivity contribution >= 4 is 17.8 Å². The first-order valence-electron chi connectivity index (χ1n) is 11.8. The Balaban J connectivity index is 1.96. The summed E-state index contributed by atoms with van der Waals surface area (Å²) in [4.78, 5) is 38.0. The smallest absolute Gasteiger partial charge is 0.326 e. The minimum Gasteiger partial charge on any atom is -0.480 e. The van der Waals surface area contributed by atoms with E-state index in [0.29, 0.717) is 5.75 Å². The first-order chi connectivity index (χ1) is 15.6. The van der Waals surface area contributed by atoms with Gasteiger partial charge in [0, 0.05) is 18.4 Å². The summed E-state index contributed by atoms with van der Waals surface area (Å²) in [5, 5.41) is 21.5. The van der Waals surface area contributed by atoms with Gasteiger partial charge in [0.15, 0.2) is 0 Å². The van der Waals surface area contributed by atoms with Gasteiger partial charge >= 0.3 is 11.9 Å². The molecule has 1 amide bonds. The highest BCUT2D eigenvalue weighted by Gasteiger charge is 2.33. The van der Waals surface area contributed by atoms with E-state index in [4.69, 9.17) is 9.84 Å². The van der Waals surface area contributed by atoms with E-state index in [1.54, 1.807) is 19.9 Å². The molecule has 8 nitrogen and oxygen atoms in total. The molecule has 8 heteroatoms. The molecular weight excluding hydrogens is 424 g/mol. The fourth-order valence-electron chi connectivity index (χ4n) is 4.47. The number of carboxylic acid groups (broad SMARTS) is 1. The number of carbonyl (C=O) groups is 3. The van der Waals surface area contributed by atoms with Crippen LogP contribution in [0.3, 0.4) is 0 Å². The average Bonchev–Trinajstić information content (AvgIpc) is 2.97. The van der Waals surface area contributed by atoms with Crippen LogP contribution < -0.4 is 10.1 Å². The van der Waals surface area contributed by atoms with Gasteiger partial charge in [-0.05, 0) is 62.9 Å².